The lowest BCUT2D eigenvalue weighted by Gasteiger charge is -2.28. The molecule has 1 N–H and O–H groups in total. The molecule has 4 saturated carbocycles. The first-order valence-electron chi connectivity index (χ1n) is 27.4. The van der Waals surface area contributed by atoms with Crippen molar-refractivity contribution in [2.75, 3.05) is 39.5 Å². The molecule has 0 aromatic rings. The molecule has 2 atom stereocenters. The van der Waals surface area contributed by atoms with Crippen molar-refractivity contribution >= 4 is 35.9 Å². The van der Waals surface area contributed by atoms with Gasteiger partial charge in [0.25, 0.3) is 0 Å². The van der Waals surface area contributed by atoms with E-state index in [1.807, 2.05) is 0 Å². The first-order chi connectivity index (χ1) is 33.3. The van der Waals surface area contributed by atoms with Gasteiger partial charge in [0.15, 0.2) is 18.5 Å². The molecule has 0 radical (unpaired) electrons. The highest BCUT2D eigenvalue weighted by atomic mass is 16.6. The highest BCUT2D eigenvalue weighted by Crippen LogP contribution is 2.34. The normalized spacial score (nSPS) is 26.4. The minimum absolute atomic E-state index is 0.0757. The predicted molar refractivity (Wildman–Crippen MR) is 264 cm³/mol. The zero-order valence-corrected chi connectivity index (χ0v) is 44.3. The number of hydrogen-bond donors (Lipinski definition) is 1. The van der Waals surface area contributed by atoms with Crippen LogP contribution in [0.5, 0.6) is 0 Å². The number of rotatable bonds is 27. The summed E-state index contributed by atoms with van der Waals surface area (Å²) < 4.78 is 39.8. The third-order valence-electron chi connectivity index (χ3n) is 15.1. The Kier molecular flexibility index (Phi) is 26.3. The van der Waals surface area contributed by atoms with Gasteiger partial charge in [-0.15, -0.1) is 0 Å². The van der Waals surface area contributed by atoms with E-state index in [0.717, 1.165) is 103 Å². The second-order valence-electron chi connectivity index (χ2n) is 23.1. The zero-order valence-electron chi connectivity index (χ0n) is 44.3. The van der Waals surface area contributed by atoms with E-state index in [0.29, 0.717) is 55.3 Å². The Bertz CT molecular complexity index is 1530. The van der Waals surface area contributed by atoms with Gasteiger partial charge in [-0.1, -0.05) is 91.9 Å². The van der Waals surface area contributed by atoms with Gasteiger partial charge in [-0.2, -0.15) is 0 Å². The lowest BCUT2D eigenvalue weighted by molar-refractivity contribution is -0.175. The van der Waals surface area contributed by atoms with Crippen LogP contribution in [0.25, 0.3) is 0 Å². The van der Waals surface area contributed by atoms with Crippen LogP contribution in [0, 0.1) is 47.3 Å². The Hall–Kier alpha value is -3.46. The number of aliphatic hydroxyl groups excluding tert-OH is 1. The minimum atomic E-state index is -1.04. The lowest BCUT2D eigenvalue weighted by Crippen LogP contribution is -2.38. The van der Waals surface area contributed by atoms with Gasteiger partial charge in [-0.3, -0.25) is 24.0 Å². The second-order valence-corrected chi connectivity index (χ2v) is 23.1. The zero-order chi connectivity index (χ0) is 51.1. The molecule has 70 heavy (non-hydrogen) atoms. The highest BCUT2D eigenvalue weighted by molar-refractivity contribution is 5.72. The number of carbonyl (C=O) groups excluding carboxylic acids is 6. The Morgan fingerprint density at radius 3 is 1.16 bits per heavy atom. The van der Waals surface area contributed by atoms with Crippen molar-refractivity contribution in [1.82, 2.24) is 4.90 Å². The first kappa shape index (κ1) is 59.1. The van der Waals surface area contributed by atoms with Crippen LogP contribution in [0.1, 0.15) is 203 Å². The van der Waals surface area contributed by atoms with Crippen LogP contribution in [0.4, 0.5) is 4.79 Å². The van der Waals surface area contributed by atoms with Crippen LogP contribution in [0.15, 0.2) is 0 Å². The summed E-state index contributed by atoms with van der Waals surface area (Å²) in [5, 5.41) is 10.8. The predicted octanol–water partition coefficient (Wildman–Crippen LogP) is 10.4. The summed E-state index contributed by atoms with van der Waals surface area (Å²) in [6, 6.07) is 0. The quantitative estimate of drug-likeness (QED) is 0.0464. The molecule has 4 aliphatic rings. The molecule has 0 bridgehead atoms. The molecule has 4 fully saturated rings. The van der Waals surface area contributed by atoms with Gasteiger partial charge in [-0.25, -0.2) is 4.79 Å². The van der Waals surface area contributed by atoms with Crippen molar-refractivity contribution in [3.05, 3.63) is 0 Å². The molecule has 0 aromatic heterocycles. The van der Waals surface area contributed by atoms with Gasteiger partial charge >= 0.3 is 35.9 Å². The molecule has 0 heterocycles. The van der Waals surface area contributed by atoms with Crippen LogP contribution < -0.4 is 0 Å². The smallest absolute Gasteiger partial charge is 0.410 e. The topological polar surface area (TPSA) is 190 Å². The SMILES string of the molecule is CC1CCC(CC(=O)OCC(COC(=O)CC2CCC(C)CC2)OC(=O)CCCN(CCCC(=O)OC(COC(=O)CC2CCC(C)CC2)COC(O)CC2CCC(C)CC2)C(=O)OC(C)(C)C)CC1. The molecule has 0 aliphatic heterocycles. The van der Waals surface area contributed by atoms with Crippen LogP contribution in [-0.2, 0) is 57.1 Å². The molecular weight excluding hydrogens is 899 g/mol. The molecule has 4 rings (SSSR count). The lowest BCUT2D eigenvalue weighted by atomic mass is 9.81. The van der Waals surface area contributed by atoms with Crippen LogP contribution in [0.3, 0.4) is 0 Å². The minimum Gasteiger partial charge on any atom is -0.462 e. The van der Waals surface area contributed by atoms with Crippen LogP contribution >= 0.6 is 0 Å². The summed E-state index contributed by atoms with van der Waals surface area (Å²) in [7, 11) is 0. The fraction of sp³-hybridized carbons (Fsp3) is 0.891. The monoisotopic (exact) mass is 992 g/mol. The van der Waals surface area contributed by atoms with Gasteiger partial charge in [0.05, 0.1) is 6.61 Å². The van der Waals surface area contributed by atoms with E-state index in [4.69, 9.17) is 33.2 Å². The number of esters is 5. The summed E-state index contributed by atoms with van der Waals surface area (Å²) in [5.74, 6) is 1.50. The van der Waals surface area contributed by atoms with E-state index in [1.54, 1.807) is 20.8 Å². The van der Waals surface area contributed by atoms with Gasteiger partial charge in [0.2, 0.25) is 0 Å². The summed E-state index contributed by atoms with van der Waals surface area (Å²) in [4.78, 5) is 80.0. The molecule has 402 valence electrons. The number of ether oxygens (including phenoxy) is 7. The first-order valence-corrected chi connectivity index (χ1v) is 27.4. The Morgan fingerprint density at radius 1 is 0.486 bits per heavy atom. The summed E-state index contributed by atoms with van der Waals surface area (Å²) in [5.41, 5.74) is -0.805. The van der Waals surface area contributed by atoms with Crippen molar-refractivity contribution < 1.29 is 67.0 Å². The van der Waals surface area contributed by atoms with Crippen molar-refractivity contribution in [2.24, 2.45) is 47.3 Å². The third kappa shape index (κ3) is 25.3. The van der Waals surface area contributed by atoms with Gasteiger partial charge in [0, 0.05) is 51.6 Å². The van der Waals surface area contributed by atoms with Crippen LogP contribution in [-0.4, -0.2) is 110 Å². The number of nitrogens with zero attached hydrogens (tertiary/aromatic N) is 1. The fourth-order valence-electron chi connectivity index (χ4n) is 10.3. The molecule has 1 amide bonds. The third-order valence-corrected chi connectivity index (χ3v) is 15.1. The number of hydrogen-bond acceptors (Lipinski definition) is 14. The highest BCUT2D eigenvalue weighted by Gasteiger charge is 2.29. The van der Waals surface area contributed by atoms with E-state index < -0.39 is 42.1 Å². The maximum Gasteiger partial charge on any atom is 0.410 e. The summed E-state index contributed by atoms with van der Waals surface area (Å²) in [6.07, 6.45) is 14.6. The molecule has 4 aliphatic carbocycles. The Balaban J connectivity index is 1.28. The summed E-state index contributed by atoms with van der Waals surface area (Å²) in [6.45, 7) is 13.6. The van der Waals surface area contributed by atoms with E-state index in [2.05, 4.69) is 27.7 Å². The van der Waals surface area contributed by atoms with Gasteiger partial charge < -0.3 is 43.2 Å². The largest absolute Gasteiger partial charge is 0.462 e. The van der Waals surface area contributed by atoms with E-state index in [9.17, 15) is 33.9 Å². The van der Waals surface area contributed by atoms with Gasteiger partial charge in [0.1, 0.15) is 25.4 Å². The number of aliphatic hydroxyl groups is 1. The number of amides is 1. The van der Waals surface area contributed by atoms with Crippen LogP contribution in [0.2, 0.25) is 0 Å². The maximum absolute atomic E-state index is 13.4. The maximum atomic E-state index is 13.4. The van der Waals surface area contributed by atoms with Gasteiger partial charge in [-0.05, 0) is 119 Å². The number of carbonyl (C=O) groups is 6. The molecular formula is C55H93NO14. The Labute approximate surface area is 420 Å². The molecule has 0 spiro atoms. The summed E-state index contributed by atoms with van der Waals surface area (Å²) >= 11 is 0. The van der Waals surface area contributed by atoms with Crippen molar-refractivity contribution in [1.29, 1.82) is 0 Å². The van der Waals surface area contributed by atoms with Crippen molar-refractivity contribution in [3.8, 4) is 0 Å². The van der Waals surface area contributed by atoms with Crippen molar-refractivity contribution in [2.45, 2.75) is 227 Å². The molecule has 0 saturated heterocycles. The molecule has 15 nitrogen and oxygen atoms in total. The molecule has 0 aromatic carbocycles. The fourth-order valence-corrected chi connectivity index (χ4v) is 10.3. The standard InChI is InChI=1S/C55H93NO14/c1-38-12-20-42(21-13-38)30-50(59)64-34-46(35-65-51(60)31-43-22-14-39(2)15-23-43)68-48(57)10-8-28-56(54(63)70-55(5,6)7)29-9-11-49(58)69-47(36-66-52(61)32-44-24-16-40(3)17-25-44)37-67-53(62)33-45-26-18-41(4)19-27-45/h38-47,50,59H,8-37H2,1-7H3. The average molecular weight is 992 g/mol. The van der Waals surface area contributed by atoms with E-state index in [-0.39, 0.29) is 101 Å². The molecule has 2 unspecified atom stereocenters. The van der Waals surface area contributed by atoms with Crippen molar-refractivity contribution in [3.63, 3.8) is 0 Å². The van der Waals surface area contributed by atoms with E-state index in [1.165, 1.54) is 4.90 Å². The van der Waals surface area contributed by atoms with E-state index >= 15 is 0 Å². The average Bonchev–Trinajstić information content (AvgIpc) is 3.30. The second kappa shape index (κ2) is 31.2. The molecule has 15 heteroatoms. The Morgan fingerprint density at radius 2 is 0.814 bits per heavy atom.